The topological polar surface area (TPSA) is 66.9 Å². The van der Waals surface area contributed by atoms with Gasteiger partial charge in [-0.2, -0.15) is 4.31 Å². The van der Waals surface area contributed by atoms with Crippen LogP contribution >= 0.6 is 22.9 Å². The number of hydrogen-bond donors (Lipinski definition) is 0. The molecule has 0 atom stereocenters. The van der Waals surface area contributed by atoms with Gasteiger partial charge in [-0.1, -0.05) is 23.7 Å². The molecule has 1 aliphatic heterocycles. The average molecular weight is 415 g/mol. The second-order valence-corrected chi connectivity index (χ2v) is 9.17. The number of esters is 1. The second kappa shape index (κ2) is 8.06. The molecule has 2 aromatic rings. The van der Waals surface area contributed by atoms with Gasteiger partial charge >= 0.3 is 5.97 Å². The van der Waals surface area contributed by atoms with Gasteiger partial charge in [0.1, 0.15) is 9.77 Å². The monoisotopic (exact) mass is 414 g/mol. The van der Waals surface area contributed by atoms with Crippen LogP contribution in [0.15, 0.2) is 40.6 Å². The molecule has 0 radical (unpaired) electrons. The number of rotatable bonds is 5. The van der Waals surface area contributed by atoms with E-state index in [-0.39, 0.29) is 9.77 Å². The molecule has 1 saturated heterocycles. The van der Waals surface area contributed by atoms with Crippen LogP contribution in [0.4, 0.5) is 0 Å². The summed E-state index contributed by atoms with van der Waals surface area (Å²) in [6.07, 6.45) is 0. The van der Waals surface area contributed by atoms with Crippen molar-refractivity contribution in [1.29, 1.82) is 0 Å². The predicted molar refractivity (Wildman–Crippen MR) is 101 cm³/mol. The van der Waals surface area contributed by atoms with Crippen molar-refractivity contribution in [3.05, 3.63) is 51.2 Å². The minimum Gasteiger partial charge on any atom is -0.465 e. The number of carbonyl (C=O) groups excluding carboxylic acids is 1. The maximum absolute atomic E-state index is 12.9. The molecule has 1 fully saturated rings. The van der Waals surface area contributed by atoms with Crippen LogP contribution in [0.5, 0.6) is 0 Å². The lowest BCUT2D eigenvalue weighted by Gasteiger charge is -2.34. The highest BCUT2D eigenvalue weighted by Gasteiger charge is 2.32. The normalized spacial score (nSPS) is 16.5. The van der Waals surface area contributed by atoms with E-state index < -0.39 is 16.0 Å². The smallest absolute Gasteiger partial charge is 0.349 e. The summed E-state index contributed by atoms with van der Waals surface area (Å²) >= 11 is 7.09. The SMILES string of the molecule is COC(=O)c1sccc1S(=O)(=O)N1CCN(Cc2cccc(Cl)c2)CC1. The Morgan fingerprint density at radius 1 is 1.23 bits per heavy atom. The molecular formula is C17H19ClN2O4S2. The lowest BCUT2D eigenvalue weighted by Crippen LogP contribution is -2.48. The van der Waals surface area contributed by atoms with E-state index in [9.17, 15) is 13.2 Å². The third kappa shape index (κ3) is 4.10. The van der Waals surface area contributed by atoms with E-state index >= 15 is 0 Å². The third-order valence-electron chi connectivity index (χ3n) is 4.24. The maximum atomic E-state index is 12.9. The molecular weight excluding hydrogens is 396 g/mol. The number of benzene rings is 1. The van der Waals surface area contributed by atoms with Gasteiger partial charge in [0, 0.05) is 37.7 Å². The van der Waals surface area contributed by atoms with Gasteiger partial charge in [-0.15, -0.1) is 11.3 Å². The molecule has 0 bridgehead atoms. The van der Waals surface area contributed by atoms with Crippen LogP contribution in [0, 0.1) is 0 Å². The third-order valence-corrected chi connectivity index (χ3v) is 7.44. The molecule has 1 aromatic heterocycles. The molecule has 26 heavy (non-hydrogen) atoms. The van der Waals surface area contributed by atoms with Crippen LogP contribution < -0.4 is 0 Å². The van der Waals surface area contributed by atoms with Crippen molar-refractivity contribution in [1.82, 2.24) is 9.21 Å². The first kappa shape index (κ1) is 19.3. The number of carbonyl (C=O) groups is 1. The minimum atomic E-state index is -3.71. The highest BCUT2D eigenvalue weighted by Crippen LogP contribution is 2.27. The minimum absolute atomic E-state index is 0.0256. The van der Waals surface area contributed by atoms with Gasteiger partial charge in [-0.25, -0.2) is 13.2 Å². The molecule has 0 spiro atoms. The van der Waals surface area contributed by atoms with Crippen molar-refractivity contribution in [2.24, 2.45) is 0 Å². The number of halogens is 1. The van der Waals surface area contributed by atoms with E-state index in [1.54, 1.807) is 5.38 Å². The number of thiophene rings is 1. The molecule has 0 N–H and O–H groups in total. The molecule has 0 unspecified atom stereocenters. The number of sulfonamides is 1. The predicted octanol–water partition coefficient (Wildman–Crippen LogP) is 2.69. The Labute approximate surface area is 162 Å². The zero-order chi connectivity index (χ0) is 18.7. The fraction of sp³-hybridized carbons (Fsp3) is 0.353. The fourth-order valence-corrected chi connectivity index (χ4v) is 5.85. The molecule has 3 rings (SSSR count). The zero-order valence-corrected chi connectivity index (χ0v) is 16.6. The van der Waals surface area contributed by atoms with E-state index in [1.165, 1.54) is 17.5 Å². The molecule has 6 nitrogen and oxygen atoms in total. The summed E-state index contributed by atoms with van der Waals surface area (Å²) in [6, 6.07) is 9.12. The van der Waals surface area contributed by atoms with Crippen LogP contribution in [0.25, 0.3) is 0 Å². The Hall–Kier alpha value is -1.45. The van der Waals surface area contributed by atoms with Crippen LogP contribution in [0.3, 0.4) is 0 Å². The van der Waals surface area contributed by atoms with Crippen LogP contribution in [0.1, 0.15) is 15.2 Å². The second-order valence-electron chi connectivity index (χ2n) is 5.92. The van der Waals surface area contributed by atoms with E-state index in [4.69, 9.17) is 11.6 Å². The van der Waals surface area contributed by atoms with E-state index in [0.29, 0.717) is 31.2 Å². The Balaban J connectivity index is 1.67. The lowest BCUT2D eigenvalue weighted by atomic mass is 10.2. The number of piperazine rings is 1. The molecule has 140 valence electrons. The summed E-state index contributed by atoms with van der Waals surface area (Å²) in [7, 11) is -2.47. The standard InChI is InChI=1S/C17H19ClN2O4S2/c1-24-17(21)16-15(5-10-25-16)26(22,23)20-8-6-19(7-9-20)12-13-3-2-4-14(18)11-13/h2-5,10-11H,6-9,12H2,1H3. The Kier molecular flexibility index (Phi) is 5.99. The maximum Gasteiger partial charge on any atom is 0.349 e. The fourth-order valence-electron chi connectivity index (χ4n) is 2.90. The quantitative estimate of drug-likeness (QED) is 0.704. The molecule has 0 amide bonds. The summed E-state index contributed by atoms with van der Waals surface area (Å²) in [6.45, 7) is 2.70. The zero-order valence-electron chi connectivity index (χ0n) is 14.2. The first-order chi connectivity index (χ1) is 12.4. The number of methoxy groups -OCH3 is 1. The van der Waals surface area contributed by atoms with Crippen LogP contribution in [0.2, 0.25) is 5.02 Å². The highest BCUT2D eigenvalue weighted by molar-refractivity contribution is 7.89. The van der Waals surface area contributed by atoms with Gasteiger partial charge in [0.25, 0.3) is 0 Å². The molecule has 0 saturated carbocycles. The van der Waals surface area contributed by atoms with E-state index in [1.807, 2.05) is 24.3 Å². The summed E-state index contributed by atoms with van der Waals surface area (Å²) in [4.78, 5) is 14.1. The van der Waals surface area contributed by atoms with Gasteiger partial charge in [0.2, 0.25) is 10.0 Å². The van der Waals surface area contributed by atoms with Crippen molar-refractivity contribution < 1.29 is 17.9 Å². The summed E-state index contributed by atoms with van der Waals surface area (Å²) in [5, 5.41) is 2.28. The van der Waals surface area contributed by atoms with Gasteiger partial charge in [0.05, 0.1) is 7.11 Å². The first-order valence-electron chi connectivity index (χ1n) is 8.04. The highest BCUT2D eigenvalue weighted by atomic mass is 35.5. The van der Waals surface area contributed by atoms with Crippen LogP contribution in [-0.2, 0) is 21.3 Å². The molecule has 9 heteroatoms. The van der Waals surface area contributed by atoms with Gasteiger partial charge < -0.3 is 4.74 Å². The van der Waals surface area contributed by atoms with Crippen molar-refractivity contribution in [3.8, 4) is 0 Å². The molecule has 1 aliphatic rings. The average Bonchev–Trinajstić information content (AvgIpc) is 3.12. The number of ether oxygens (including phenoxy) is 1. The first-order valence-corrected chi connectivity index (χ1v) is 10.7. The van der Waals surface area contributed by atoms with Gasteiger partial charge in [0.15, 0.2) is 0 Å². The molecule has 1 aromatic carbocycles. The largest absolute Gasteiger partial charge is 0.465 e. The molecule has 2 heterocycles. The van der Waals surface area contributed by atoms with E-state index in [0.717, 1.165) is 23.4 Å². The summed E-state index contributed by atoms with van der Waals surface area (Å²) in [5.74, 6) is -0.627. The Morgan fingerprint density at radius 3 is 2.62 bits per heavy atom. The molecule has 0 aliphatic carbocycles. The number of nitrogens with zero attached hydrogens (tertiary/aromatic N) is 2. The van der Waals surface area contributed by atoms with Crippen molar-refractivity contribution >= 4 is 38.9 Å². The lowest BCUT2D eigenvalue weighted by molar-refractivity contribution is 0.0602. The van der Waals surface area contributed by atoms with E-state index in [2.05, 4.69) is 9.64 Å². The summed E-state index contributed by atoms with van der Waals surface area (Å²) < 4.78 is 31.9. The van der Waals surface area contributed by atoms with Crippen molar-refractivity contribution in [2.75, 3.05) is 33.3 Å². The Morgan fingerprint density at radius 2 is 1.96 bits per heavy atom. The van der Waals surface area contributed by atoms with Gasteiger partial charge in [-0.3, -0.25) is 4.90 Å². The number of hydrogen-bond acceptors (Lipinski definition) is 6. The van der Waals surface area contributed by atoms with Gasteiger partial charge in [-0.05, 0) is 29.1 Å². The van der Waals surface area contributed by atoms with Crippen molar-refractivity contribution in [3.63, 3.8) is 0 Å². The summed E-state index contributed by atoms with van der Waals surface area (Å²) in [5.41, 5.74) is 1.10. The van der Waals surface area contributed by atoms with Crippen LogP contribution in [-0.4, -0.2) is 56.9 Å². The van der Waals surface area contributed by atoms with Crippen molar-refractivity contribution in [2.45, 2.75) is 11.4 Å². The Bertz CT molecular complexity index is 890.